The molecule has 104 valence electrons. The summed E-state index contributed by atoms with van der Waals surface area (Å²) in [6.07, 6.45) is 0. The van der Waals surface area contributed by atoms with Crippen LogP contribution < -0.4 is 5.69 Å². The second-order valence-corrected chi connectivity index (χ2v) is 4.83. The van der Waals surface area contributed by atoms with Crippen LogP contribution in [0.4, 0.5) is 5.69 Å². The number of nitrogens with zero attached hydrogens (tertiary/aromatic N) is 3. The fraction of sp³-hybridized carbons (Fsp3) is 0.182. The van der Waals surface area contributed by atoms with Gasteiger partial charge in [-0.15, -0.1) is 5.10 Å². The monoisotopic (exact) mass is 294 g/mol. The molecule has 2 rings (SSSR count). The van der Waals surface area contributed by atoms with Gasteiger partial charge in [0.05, 0.1) is 10.7 Å². The number of ketones is 1. The van der Waals surface area contributed by atoms with E-state index in [4.69, 9.17) is 0 Å². The number of benzene rings is 1. The molecule has 1 N–H and O–H groups in total. The highest BCUT2D eigenvalue weighted by Crippen LogP contribution is 2.17. The lowest BCUT2D eigenvalue weighted by molar-refractivity contribution is -0.384. The summed E-state index contributed by atoms with van der Waals surface area (Å²) in [6.45, 7) is 0. The highest BCUT2D eigenvalue weighted by atomic mass is 32.2. The second kappa shape index (κ2) is 5.70. The molecule has 1 aromatic carbocycles. The van der Waals surface area contributed by atoms with E-state index in [0.29, 0.717) is 10.7 Å². The van der Waals surface area contributed by atoms with Crippen LogP contribution in [0.3, 0.4) is 0 Å². The van der Waals surface area contributed by atoms with Gasteiger partial charge < -0.3 is 0 Å². The van der Waals surface area contributed by atoms with Gasteiger partial charge in [-0.3, -0.25) is 19.5 Å². The van der Waals surface area contributed by atoms with Crippen LogP contribution in [0.15, 0.2) is 34.2 Å². The lowest BCUT2D eigenvalue weighted by atomic mass is 10.1. The number of rotatable bonds is 5. The maximum Gasteiger partial charge on any atom is 0.343 e. The minimum Gasteiger partial charge on any atom is -0.293 e. The molecule has 0 aliphatic rings. The number of carbonyl (C=O) groups is 1. The van der Waals surface area contributed by atoms with E-state index in [1.165, 1.54) is 28.8 Å². The number of carbonyl (C=O) groups excluding carboxylic acids is 1. The van der Waals surface area contributed by atoms with Crippen LogP contribution in [0.2, 0.25) is 0 Å². The number of Topliss-reactive ketones (excluding diaryl/α,β-unsaturated/α-hetero) is 1. The molecule has 1 heterocycles. The first-order valence-electron chi connectivity index (χ1n) is 5.51. The average molecular weight is 294 g/mol. The number of nitrogens with one attached hydrogen (secondary N) is 1. The van der Waals surface area contributed by atoms with Gasteiger partial charge in [0.2, 0.25) is 0 Å². The van der Waals surface area contributed by atoms with Gasteiger partial charge in [-0.25, -0.2) is 9.89 Å². The Bertz CT molecular complexity index is 704. The van der Waals surface area contributed by atoms with Crippen LogP contribution >= 0.6 is 11.8 Å². The van der Waals surface area contributed by atoms with Crippen molar-refractivity contribution in [3.8, 4) is 0 Å². The molecule has 0 bridgehead atoms. The summed E-state index contributed by atoms with van der Waals surface area (Å²) >= 11 is 1.12. The predicted octanol–water partition coefficient (Wildman–Crippen LogP) is 0.992. The van der Waals surface area contributed by atoms with Crippen LogP contribution in [0, 0.1) is 10.1 Å². The van der Waals surface area contributed by atoms with E-state index in [9.17, 15) is 19.7 Å². The Morgan fingerprint density at radius 1 is 1.45 bits per heavy atom. The Kier molecular flexibility index (Phi) is 3.99. The lowest BCUT2D eigenvalue weighted by Gasteiger charge is -2.00. The number of thioether (sulfide) groups is 1. The van der Waals surface area contributed by atoms with Gasteiger partial charge in [-0.2, -0.15) is 0 Å². The minimum atomic E-state index is -0.525. The molecular formula is C11H10N4O4S. The number of hydrogen-bond acceptors (Lipinski definition) is 6. The van der Waals surface area contributed by atoms with E-state index < -0.39 is 4.92 Å². The quantitative estimate of drug-likeness (QED) is 0.381. The molecule has 1 aromatic heterocycles. The summed E-state index contributed by atoms with van der Waals surface area (Å²) < 4.78 is 1.30. The number of H-pyrrole nitrogens is 1. The molecule has 0 aliphatic carbocycles. The van der Waals surface area contributed by atoms with Crippen molar-refractivity contribution in [2.75, 3.05) is 5.75 Å². The molecular weight excluding hydrogens is 284 g/mol. The molecule has 0 radical (unpaired) electrons. The van der Waals surface area contributed by atoms with Gasteiger partial charge in [-0.1, -0.05) is 11.8 Å². The van der Waals surface area contributed by atoms with Crippen LogP contribution in [0.25, 0.3) is 0 Å². The van der Waals surface area contributed by atoms with E-state index in [-0.39, 0.29) is 22.9 Å². The Morgan fingerprint density at radius 3 is 2.60 bits per heavy atom. The van der Waals surface area contributed by atoms with E-state index in [1.54, 1.807) is 7.05 Å². The zero-order chi connectivity index (χ0) is 14.7. The van der Waals surface area contributed by atoms with Gasteiger partial charge >= 0.3 is 5.69 Å². The van der Waals surface area contributed by atoms with E-state index >= 15 is 0 Å². The lowest BCUT2D eigenvalue weighted by Crippen LogP contribution is -2.13. The minimum absolute atomic E-state index is 0.0658. The van der Waals surface area contributed by atoms with Crippen molar-refractivity contribution in [2.45, 2.75) is 5.16 Å². The fourth-order valence-electron chi connectivity index (χ4n) is 1.44. The smallest absolute Gasteiger partial charge is 0.293 e. The molecule has 8 nitrogen and oxygen atoms in total. The number of nitro groups is 1. The van der Waals surface area contributed by atoms with E-state index in [2.05, 4.69) is 10.2 Å². The Labute approximate surface area is 117 Å². The van der Waals surface area contributed by atoms with Crippen LogP contribution in [-0.2, 0) is 7.05 Å². The molecule has 0 saturated carbocycles. The van der Waals surface area contributed by atoms with Crippen molar-refractivity contribution >= 4 is 23.2 Å². The highest BCUT2D eigenvalue weighted by molar-refractivity contribution is 7.99. The average Bonchev–Trinajstić information content (AvgIpc) is 2.76. The van der Waals surface area contributed by atoms with Crippen molar-refractivity contribution in [3.05, 3.63) is 50.4 Å². The number of non-ortho nitro benzene ring substituents is 1. The second-order valence-electron chi connectivity index (χ2n) is 3.89. The highest BCUT2D eigenvalue weighted by Gasteiger charge is 2.12. The summed E-state index contributed by atoms with van der Waals surface area (Å²) in [7, 11) is 1.55. The molecule has 0 spiro atoms. The third-order valence-corrected chi connectivity index (χ3v) is 3.60. The van der Waals surface area contributed by atoms with Crippen molar-refractivity contribution in [2.24, 2.45) is 7.05 Å². The first-order valence-corrected chi connectivity index (χ1v) is 6.49. The third-order valence-electron chi connectivity index (χ3n) is 2.57. The van der Waals surface area contributed by atoms with Gasteiger partial charge in [-0.05, 0) is 12.1 Å². The molecule has 0 fully saturated rings. The molecule has 0 amide bonds. The largest absolute Gasteiger partial charge is 0.343 e. The zero-order valence-corrected chi connectivity index (χ0v) is 11.2. The summed E-state index contributed by atoms with van der Waals surface area (Å²) in [5.74, 6) is -0.101. The van der Waals surface area contributed by atoms with E-state index in [1.807, 2.05) is 0 Å². The van der Waals surface area contributed by atoms with Crippen LogP contribution in [-0.4, -0.2) is 31.2 Å². The van der Waals surface area contributed by atoms with E-state index in [0.717, 1.165) is 11.8 Å². The Balaban J connectivity index is 2.03. The molecule has 20 heavy (non-hydrogen) atoms. The summed E-state index contributed by atoms with van der Waals surface area (Å²) in [6, 6.07) is 5.37. The van der Waals surface area contributed by atoms with Gasteiger partial charge in [0.15, 0.2) is 10.9 Å². The maximum atomic E-state index is 11.9. The number of hydrogen-bond donors (Lipinski definition) is 1. The van der Waals surface area contributed by atoms with Crippen LogP contribution in [0.1, 0.15) is 10.4 Å². The molecule has 0 atom stereocenters. The molecule has 0 unspecified atom stereocenters. The first-order chi connectivity index (χ1) is 9.49. The number of nitro benzene ring substituents is 1. The Morgan fingerprint density at radius 2 is 2.10 bits per heavy atom. The molecule has 2 aromatic rings. The maximum absolute atomic E-state index is 11.9. The van der Waals surface area contributed by atoms with Crippen LogP contribution in [0.5, 0.6) is 0 Å². The van der Waals surface area contributed by atoms with Crippen molar-refractivity contribution < 1.29 is 9.72 Å². The summed E-state index contributed by atoms with van der Waals surface area (Å²) in [5.41, 5.74) is -0.0391. The molecule has 0 saturated heterocycles. The van der Waals surface area contributed by atoms with Crippen molar-refractivity contribution in [1.29, 1.82) is 0 Å². The van der Waals surface area contributed by atoms with Crippen molar-refractivity contribution in [3.63, 3.8) is 0 Å². The fourth-order valence-corrected chi connectivity index (χ4v) is 2.26. The van der Waals surface area contributed by atoms with Gasteiger partial charge in [0.1, 0.15) is 0 Å². The first kappa shape index (κ1) is 14.0. The zero-order valence-electron chi connectivity index (χ0n) is 10.4. The standard InChI is InChI=1S/C11H10N4O4S/c1-14-10(17)12-13-11(14)20-6-9(16)7-2-4-8(5-3-7)15(18)19/h2-5H,6H2,1H3,(H,12,17). The molecule has 0 aliphatic heterocycles. The third kappa shape index (κ3) is 2.94. The van der Waals surface area contributed by atoms with Gasteiger partial charge in [0, 0.05) is 24.7 Å². The van der Waals surface area contributed by atoms with Crippen molar-refractivity contribution in [1.82, 2.24) is 14.8 Å². The predicted molar refractivity (Wildman–Crippen MR) is 72.0 cm³/mol. The number of aromatic nitrogens is 3. The Hall–Kier alpha value is -2.42. The van der Waals surface area contributed by atoms with Gasteiger partial charge in [0.25, 0.3) is 5.69 Å². The summed E-state index contributed by atoms with van der Waals surface area (Å²) in [4.78, 5) is 33.0. The summed E-state index contributed by atoms with van der Waals surface area (Å²) in [5, 5.41) is 16.9. The number of aromatic amines is 1. The topological polar surface area (TPSA) is 111 Å². The normalized spacial score (nSPS) is 10.4. The SMILES string of the molecule is Cn1c(SCC(=O)c2ccc([N+](=O)[O-])cc2)n[nH]c1=O. The molecule has 9 heteroatoms.